The lowest BCUT2D eigenvalue weighted by Crippen LogP contribution is -2.52. The number of hydrogen-bond donors (Lipinski definition) is 9. The van der Waals surface area contributed by atoms with E-state index in [9.17, 15) is 62.6 Å². The monoisotopic (exact) mass is 1540 g/mol. The lowest BCUT2D eigenvalue weighted by Gasteiger charge is -2.31. The highest BCUT2D eigenvalue weighted by molar-refractivity contribution is 6.12. The molecule has 4 aliphatic rings. The lowest BCUT2D eigenvalue weighted by molar-refractivity contribution is -0.172. The summed E-state index contributed by atoms with van der Waals surface area (Å²) in [6, 6.07) is 8.33. The van der Waals surface area contributed by atoms with Crippen LogP contribution in [-0.4, -0.2) is 249 Å². The number of rotatable bonds is 52. The number of ether oxygens (including phenoxy) is 10. The highest BCUT2D eigenvalue weighted by Gasteiger charge is 2.46. The Morgan fingerprint density at radius 2 is 1.19 bits per heavy atom. The van der Waals surface area contributed by atoms with Crippen LogP contribution in [0.3, 0.4) is 0 Å². The minimum Gasteiger partial charge on any atom is -0.458 e. The average molecular weight is 1540 g/mol. The molecule has 8 rings (SSSR count). The van der Waals surface area contributed by atoms with Crippen molar-refractivity contribution < 1.29 is 110 Å². The summed E-state index contributed by atoms with van der Waals surface area (Å²) in [5.74, 6) is -7.56. The number of hydrogen-bond acceptors (Lipinski definition) is 24. The fourth-order valence-corrected chi connectivity index (χ4v) is 12.8. The second-order valence-corrected chi connectivity index (χ2v) is 26.2. The van der Waals surface area contributed by atoms with Gasteiger partial charge >= 0.3 is 5.97 Å². The van der Waals surface area contributed by atoms with Crippen molar-refractivity contribution in [1.82, 2.24) is 57.0 Å². The van der Waals surface area contributed by atoms with E-state index in [1.807, 2.05) is 0 Å². The summed E-state index contributed by atoms with van der Waals surface area (Å²) < 4.78 is 71.2. The zero-order valence-corrected chi connectivity index (χ0v) is 62.3. The van der Waals surface area contributed by atoms with E-state index in [2.05, 4.69) is 42.5 Å². The number of unbranched alkanes of at least 4 members (excludes halogenated alkanes) is 2. The van der Waals surface area contributed by atoms with Crippen molar-refractivity contribution in [1.29, 1.82) is 0 Å². The van der Waals surface area contributed by atoms with Crippen LogP contribution in [0, 0.1) is 5.82 Å². The van der Waals surface area contributed by atoms with Gasteiger partial charge < -0.3 is 99.6 Å². The molecule has 9 N–H and O–H groups in total. The van der Waals surface area contributed by atoms with Crippen molar-refractivity contribution in [3.05, 3.63) is 110 Å². The lowest BCUT2D eigenvalue weighted by atomic mass is 9.86. The molecule has 2 aromatic heterocycles. The molecule has 0 radical (unpaired) electrons. The Morgan fingerprint density at radius 3 is 1.84 bits per heavy atom. The number of pyridine rings is 2. The van der Waals surface area contributed by atoms with Gasteiger partial charge in [0, 0.05) is 74.2 Å². The van der Waals surface area contributed by atoms with E-state index < -0.39 is 133 Å². The van der Waals surface area contributed by atoms with Crippen molar-refractivity contribution >= 4 is 75.9 Å². The molecule has 2 aromatic carbocycles. The second kappa shape index (κ2) is 44.9. The van der Waals surface area contributed by atoms with Crippen LogP contribution in [-0.2, 0) is 138 Å². The molecular formula is C75H100FN11O23. The van der Waals surface area contributed by atoms with E-state index in [4.69, 9.17) is 52.4 Å². The quantitative estimate of drug-likeness (QED) is 0.0104. The van der Waals surface area contributed by atoms with Crippen LogP contribution >= 0.6 is 0 Å². The molecule has 0 unspecified atom stereocenters. The number of fused-ring (bicyclic) bond motifs is 7. The summed E-state index contributed by atoms with van der Waals surface area (Å²) in [7, 11) is 1.61. The molecule has 0 saturated heterocycles. The van der Waals surface area contributed by atoms with E-state index in [0.717, 1.165) is 10.5 Å². The zero-order valence-electron chi connectivity index (χ0n) is 62.3. The fourth-order valence-electron chi connectivity index (χ4n) is 12.8. The van der Waals surface area contributed by atoms with E-state index in [1.165, 1.54) is 22.8 Å². The Morgan fingerprint density at radius 1 is 0.609 bits per heavy atom. The Hall–Kier alpha value is -9.56. The number of aromatic nitrogens is 2. The molecule has 600 valence electrons. The predicted molar refractivity (Wildman–Crippen MR) is 389 cm³/mol. The largest absolute Gasteiger partial charge is 0.458 e. The van der Waals surface area contributed by atoms with Crippen LogP contribution in [0.4, 0.5) is 4.39 Å². The molecule has 0 fully saturated rings. The smallest absolute Gasteiger partial charge is 0.343 e. The number of carbonyl (C=O) groups excluding carboxylic acids is 11. The molecule has 10 amide bonds. The number of amides is 10. The van der Waals surface area contributed by atoms with Crippen molar-refractivity contribution in [2.75, 3.05) is 152 Å². The summed E-state index contributed by atoms with van der Waals surface area (Å²) in [5.41, 5.74) is 1.69. The average Bonchev–Trinajstić information content (AvgIpc) is 1.55. The van der Waals surface area contributed by atoms with Crippen LogP contribution in [0.15, 0.2) is 59.4 Å². The zero-order chi connectivity index (χ0) is 78.8. The third-order valence-electron chi connectivity index (χ3n) is 18.4. The number of cyclic esters (lactones) is 1. The van der Waals surface area contributed by atoms with E-state index >= 15 is 4.39 Å². The number of methoxy groups -OCH3 is 1. The number of halogens is 1. The Kier molecular flexibility index (Phi) is 35.1. The molecule has 0 spiro atoms. The van der Waals surface area contributed by atoms with E-state index in [0.29, 0.717) is 162 Å². The summed E-state index contributed by atoms with van der Waals surface area (Å²) in [6.07, 6.45) is 4.83. The number of imide groups is 1. The number of esters is 1. The minimum absolute atomic E-state index is 0.000321. The topological polar surface area (TPSA) is 435 Å². The van der Waals surface area contributed by atoms with Gasteiger partial charge in [0.2, 0.25) is 47.3 Å². The van der Waals surface area contributed by atoms with Gasteiger partial charge in [0.05, 0.1) is 154 Å². The van der Waals surface area contributed by atoms with Crippen LogP contribution in [0.2, 0.25) is 0 Å². The minimum atomic E-state index is -2.08. The maximum Gasteiger partial charge on any atom is 0.343 e. The molecule has 4 aromatic rings. The molecule has 0 saturated carbocycles. The van der Waals surface area contributed by atoms with E-state index in [-0.39, 0.29) is 89.3 Å². The molecule has 4 atom stereocenters. The van der Waals surface area contributed by atoms with Crippen LogP contribution < -0.4 is 48.1 Å². The molecule has 35 heteroatoms. The number of benzene rings is 2. The number of carbonyl (C=O) groups is 11. The van der Waals surface area contributed by atoms with Crippen LogP contribution in [0.25, 0.3) is 22.3 Å². The van der Waals surface area contributed by atoms with Gasteiger partial charge in [0.25, 0.3) is 17.4 Å². The van der Waals surface area contributed by atoms with Gasteiger partial charge in [-0.1, -0.05) is 43.7 Å². The first-order valence-corrected chi connectivity index (χ1v) is 37.0. The van der Waals surface area contributed by atoms with Crippen molar-refractivity contribution in [2.24, 2.45) is 0 Å². The number of nitrogens with one attached hydrogen (secondary N) is 8. The molecule has 5 heterocycles. The van der Waals surface area contributed by atoms with Gasteiger partial charge in [0.1, 0.15) is 37.8 Å². The number of aryl methyl sites for hydroxylation is 1. The summed E-state index contributed by atoms with van der Waals surface area (Å²) in [4.78, 5) is 163. The van der Waals surface area contributed by atoms with Crippen molar-refractivity contribution in [3.8, 4) is 11.4 Å². The van der Waals surface area contributed by atoms with Crippen molar-refractivity contribution in [2.45, 2.75) is 121 Å². The molecule has 1 aliphatic carbocycles. The van der Waals surface area contributed by atoms with Crippen molar-refractivity contribution in [3.63, 3.8) is 0 Å². The Labute approximate surface area is 634 Å². The highest BCUT2D eigenvalue weighted by atomic mass is 19.1. The predicted octanol–water partition coefficient (Wildman–Crippen LogP) is -0.320. The van der Waals surface area contributed by atoms with E-state index in [1.54, 1.807) is 57.4 Å². The molecule has 0 bridgehead atoms. The maximum atomic E-state index is 15.7. The van der Waals surface area contributed by atoms with Gasteiger partial charge in [-0.15, -0.1) is 0 Å². The third-order valence-corrected chi connectivity index (χ3v) is 18.4. The molecular weight excluding hydrogens is 1440 g/mol. The SMILES string of the molecule is CC[C@@]1(O)C(=O)OCc2c1cc1n(c2=O)Cc2c-1nc1cc(F)c3c(c1c2[C@H](C)NC(=O)COCNC(=O)CNC(=O)[C@H](Cc1ccccc1)NC(=O)CNC(=O)CNC(=O)CC[C@H](NC(=O)CCCCCN1C(=O)C=CC1=O)C(=O)NCCOCCOCCOCCOCCOCCOCCOCCOC)CCC3. The first kappa shape index (κ1) is 86.0. The second-order valence-electron chi connectivity index (χ2n) is 26.2. The van der Waals surface area contributed by atoms with Gasteiger partial charge in [-0.3, -0.25) is 57.6 Å². The fraction of sp³-hybridized carbons (Fsp3) is 0.560. The summed E-state index contributed by atoms with van der Waals surface area (Å²) >= 11 is 0. The maximum absolute atomic E-state index is 15.7. The third kappa shape index (κ3) is 25.8. The normalized spacial score (nSPS) is 15.4. The number of nitrogens with zero attached hydrogens (tertiary/aromatic N) is 3. The van der Waals surface area contributed by atoms with Gasteiger partial charge in [0.15, 0.2) is 5.60 Å². The first-order valence-electron chi connectivity index (χ1n) is 37.0. The van der Waals surface area contributed by atoms with Gasteiger partial charge in [-0.2, -0.15) is 0 Å². The van der Waals surface area contributed by atoms with Gasteiger partial charge in [-0.05, 0) is 80.2 Å². The summed E-state index contributed by atoms with van der Waals surface area (Å²) in [5, 5.41) is 32.7. The number of aliphatic hydroxyl groups is 1. The Balaban J connectivity index is 0.727. The molecule has 110 heavy (non-hydrogen) atoms. The molecule has 3 aliphatic heterocycles. The highest BCUT2D eigenvalue weighted by Crippen LogP contribution is 2.44. The summed E-state index contributed by atoms with van der Waals surface area (Å²) in [6.45, 7) is 6.14. The standard InChI is InChI=1S/C75H100FN11O23/c1-4-75(100)54-39-59-70-52(44-87(59)73(98)53(54)45-110-74(75)99)68(69-51-15-11-14-50(51)55(76)40-57(69)85-70)48(2)82-65(93)46-109-47-81-63(91)42-80-72(97)58(38-49-12-7-5-8-13-49)84-64(92)43-79-62(90)41-78-60(88)18-17-56(83-61(89)16-9-6-10-22-86-66(94)19-20-67(86)95)71(96)77-21-23-102-26-27-104-30-31-106-34-35-108-37-36-107-33-32-105-29-28-103-25-24-101-3/h5,7-8,12-13,19-20,39-40,48,56,58,100H,4,6,9-11,14-18,21-38,41-47H2,1-3H3,(H,77,96)(H,78,88)(H,79,90)(H,80,97)(H,81,91)(H,82,93)(H,83,89)(H,84,92)/t48-,56-,58-,75-/m0/s1. The van der Waals surface area contributed by atoms with Crippen LogP contribution in [0.1, 0.15) is 110 Å². The van der Waals surface area contributed by atoms with Crippen LogP contribution in [0.5, 0.6) is 0 Å². The Bertz CT molecular complexity index is 3940. The molecule has 34 nitrogen and oxygen atoms in total. The van der Waals surface area contributed by atoms with Gasteiger partial charge in [-0.25, -0.2) is 14.2 Å². The first-order chi connectivity index (χ1) is 53.2.